The number of benzene rings is 4. The third kappa shape index (κ3) is 7.67. The van der Waals surface area contributed by atoms with Gasteiger partial charge in [-0.2, -0.15) is 0 Å². The minimum atomic E-state index is -0.0232. The average molecular weight is 563 g/mol. The fourth-order valence-corrected chi connectivity index (χ4v) is 6.57. The molecule has 4 nitrogen and oxygen atoms in total. The summed E-state index contributed by atoms with van der Waals surface area (Å²) in [6.45, 7) is 2.29. The number of anilines is 2. The summed E-state index contributed by atoms with van der Waals surface area (Å²) in [5.41, 5.74) is 15.9. The molecule has 1 aliphatic carbocycles. The predicted octanol–water partition coefficient (Wildman–Crippen LogP) is 10.7. The van der Waals surface area contributed by atoms with Crippen LogP contribution in [-0.4, -0.2) is 0 Å². The van der Waals surface area contributed by atoms with Gasteiger partial charge >= 0.3 is 0 Å². The molecule has 4 N–H and O–H groups in total. The Hall–Kier alpha value is -3.92. The van der Waals surface area contributed by atoms with Crippen LogP contribution < -0.4 is 20.9 Å². The number of nitrogens with two attached hydrogens (primary N) is 2. The summed E-state index contributed by atoms with van der Waals surface area (Å²) in [5.74, 6) is 4.00. The molecule has 1 saturated carbocycles. The van der Waals surface area contributed by atoms with E-state index >= 15 is 0 Å². The van der Waals surface area contributed by atoms with Gasteiger partial charge in [-0.15, -0.1) is 0 Å². The van der Waals surface area contributed by atoms with Crippen molar-refractivity contribution in [3.8, 4) is 23.0 Å². The summed E-state index contributed by atoms with van der Waals surface area (Å²) >= 11 is 0. The molecule has 42 heavy (non-hydrogen) atoms. The summed E-state index contributed by atoms with van der Waals surface area (Å²) in [6, 6.07) is 32.7. The molecule has 0 saturated heterocycles. The zero-order valence-corrected chi connectivity index (χ0v) is 25.1. The second-order valence-corrected chi connectivity index (χ2v) is 12.0. The van der Waals surface area contributed by atoms with E-state index in [-0.39, 0.29) is 5.41 Å². The van der Waals surface area contributed by atoms with Crippen LogP contribution in [-0.2, 0) is 5.41 Å². The van der Waals surface area contributed by atoms with Crippen LogP contribution in [0.5, 0.6) is 23.0 Å². The Bertz CT molecular complexity index is 1270. The van der Waals surface area contributed by atoms with Crippen molar-refractivity contribution >= 4 is 11.4 Å². The fourth-order valence-electron chi connectivity index (χ4n) is 6.57. The monoisotopic (exact) mass is 562 g/mol. The zero-order chi connectivity index (χ0) is 29.2. The van der Waals surface area contributed by atoms with Crippen molar-refractivity contribution in [2.45, 2.75) is 83.0 Å². The second-order valence-electron chi connectivity index (χ2n) is 12.0. The molecule has 0 amide bonds. The molecule has 5 rings (SSSR count). The van der Waals surface area contributed by atoms with Gasteiger partial charge in [-0.25, -0.2) is 0 Å². The minimum absolute atomic E-state index is 0.0232. The van der Waals surface area contributed by atoms with E-state index in [4.69, 9.17) is 20.9 Å². The van der Waals surface area contributed by atoms with Gasteiger partial charge < -0.3 is 20.9 Å². The molecule has 1 unspecified atom stereocenters. The van der Waals surface area contributed by atoms with Gasteiger partial charge in [-0.1, -0.05) is 89.0 Å². The summed E-state index contributed by atoms with van der Waals surface area (Å²) in [4.78, 5) is 0. The largest absolute Gasteiger partial charge is 0.457 e. The highest BCUT2D eigenvalue weighted by Gasteiger charge is 2.39. The highest BCUT2D eigenvalue weighted by atomic mass is 16.5. The predicted molar refractivity (Wildman–Crippen MR) is 175 cm³/mol. The molecule has 1 fully saturated rings. The lowest BCUT2D eigenvalue weighted by molar-refractivity contribution is 0.240. The molecule has 0 radical (unpaired) electrons. The molecule has 0 aliphatic heterocycles. The van der Waals surface area contributed by atoms with Gasteiger partial charge in [0.25, 0.3) is 0 Å². The third-order valence-corrected chi connectivity index (χ3v) is 8.86. The molecule has 1 aliphatic rings. The first-order chi connectivity index (χ1) is 20.5. The van der Waals surface area contributed by atoms with E-state index < -0.39 is 0 Å². The second kappa shape index (κ2) is 14.3. The van der Waals surface area contributed by atoms with Crippen molar-refractivity contribution in [2.75, 3.05) is 11.5 Å². The van der Waals surface area contributed by atoms with Crippen molar-refractivity contribution in [3.63, 3.8) is 0 Å². The highest BCUT2D eigenvalue weighted by Crippen LogP contribution is 2.49. The molecular weight excluding hydrogens is 516 g/mol. The first-order valence-electron chi connectivity index (χ1n) is 15.8. The van der Waals surface area contributed by atoms with E-state index in [1.807, 2.05) is 48.5 Å². The van der Waals surface area contributed by atoms with Gasteiger partial charge in [0.15, 0.2) is 0 Å². The van der Waals surface area contributed by atoms with Gasteiger partial charge in [-0.3, -0.25) is 0 Å². The molecular formula is C38H46N2O2. The molecule has 4 heteroatoms. The van der Waals surface area contributed by atoms with Crippen LogP contribution in [0.2, 0.25) is 0 Å². The van der Waals surface area contributed by atoms with E-state index in [0.717, 1.165) is 46.7 Å². The Kier molecular flexibility index (Phi) is 10.1. The van der Waals surface area contributed by atoms with Crippen LogP contribution in [0.15, 0.2) is 97.1 Å². The Morgan fingerprint density at radius 2 is 1.02 bits per heavy atom. The first-order valence-corrected chi connectivity index (χ1v) is 15.8. The molecule has 0 aromatic heterocycles. The van der Waals surface area contributed by atoms with E-state index in [9.17, 15) is 0 Å². The van der Waals surface area contributed by atoms with Gasteiger partial charge in [0, 0.05) is 16.8 Å². The van der Waals surface area contributed by atoms with Crippen molar-refractivity contribution < 1.29 is 9.47 Å². The fraction of sp³-hybridized carbons (Fsp3) is 0.368. The lowest BCUT2D eigenvalue weighted by Gasteiger charge is -2.42. The molecule has 0 bridgehead atoms. The lowest BCUT2D eigenvalue weighted by atomic mass is 9.61. The molecule has 1 atom stereocenters. The average Bonchev–Trinajstić information content (AvgIpc) is 3.02. The number of hydrogen-bond acceptors (Lipinski definition) is 4. The van der Waals surface area contributed by atoms with E-state index in [1.165, 1.54) is 75.3 Å². The smallest absolute Gasteiger partial charge is 0.127 e. The van der Waals surface area contributed by atoms with Crippen molar-refractivity contribution in [1.82, 2.24) is 0 Å². The molecule has 0 spiro atoms. The van der Waals surface area contributed by atoms with Crippen LogP contribution in [0, 0.1) is 5.92 Å². The maximum Gasteiger partial charge on any atom is 0.127 e. The summed E-state index contributed by atoms with van der Waals surface area (Å²) < 4.78 is 12.3. The highest BCUT2D eigenvalue weighted by molar-refractivity contribution is 5.47. The van der Waals surface area contributed by atoms with Crippen molar-refractivity contribution in [1.29, 1.82) is 0 Å². The summed E-state index contributed by atoms with van der Waals surface area (Å²) in [5, 5.41) is 0. The maximum atomic E-state index is 6.13. The van der Waals surface area contributed by atoms with Gasteiger partial charge in [-0.05, 0) is 103 Å². The molecule has 0 heterocycles. The Balaban J connectivity index is 1.36. The van der Waals surface area contributed by atoms with E-state index in [2.05, 4.69) is 55.5 Å². The Morgan fingerprint density at radius 3 is 1.50 bits per heavy atom. The van der Waals surface area contributed by atoms with Crippen LogP contribution in [0.1, 0.15) is 88.7 Å². The quantitative estimate of drug-likeness (QED) is 0.126. The minimum Gasteiger partial charge on any atom is -0.457 e. The molecule has 220 valence electrons. The van der Waals surface area contributed by atoms with Crippen molar-refractivity contribution in [2.24, 2.45) is 5.92 Å². The number of rotatable bonds is 13. The number of hydrogen-bond donors (Lipinski definition) is 2. The van der Waals surface area contributed by atoms with Crippen LogP contribution in [0.25, 0.3) is 0 Å². The van der Waals surface area contributed by atoms with E-state index in [0.29, 0.717) is 0 Å². The third-order valence-electron chi connectivity index (χ3n) is 8.86. The van der Waals surface area contributed by atoms with Crippen LogP contribution >= 0.6 is 0 Å². The summed E-state index contributed by atoms with van der Waals surface area (Å²) in [6.07, 6.45) is 14.3. The van der Waals surface area contributed by atoms with Crippen LogP contribution in [0.3, 0.4) is 0 Å². The van der Waals surface area contributed by atoms with Gasteiger partial charge in [0.1, 0.15) is 23.0 Å². The molecule has 4 aromatic rings. The number of nitrogen functional groups attached to an aromatic ring is 2. The van der Waals surface area contributed by atoms with Crippen molar-refractivity contribution in [3.05, 3.63) is 108 Å². The van der Waals surface area contributed by atoms with Gasteiger partial charge in [0.05, 0.1) is 0 Å². The summed E-state index contributed by atoms with van der Waals surface area (Å²) in [7, 11) is 0. The standard InChI is InChI=1S/C38H46N2O2/c1-2-3-4-5-6-7-9-29-10-8-27-38(28-29,30-11-19-34(20-12-30)41-36-23-15-32(39)16-24-36)31-13-21-35(22-14-31)42-37-25-17-33(40)18-26-37/h11-26,29H,2-10,27-28,39-40H2,1H3. The Morgan fingerprint density at radius 1 is 0.595 bits per heavy atom. The number of unbranched alkanes of at least 4 members (excludes halogenated alkanes) is 5. The SMILES string of the molecule is CCCCCCCCC1CCCC(c2ccc(Oc3ccc(N)cc3)cc2)(c2ccc(Oc3ccc(N)cc3)cc2)C1. The normalized spacial score (nSPS) is 16.2. The van der Waals surface area contributed by atoms with Crippen LogP contribution in [0.4, 0.5) is 11.4 Å². The molecule has 4 aromatic carbocycles. The lowest BCUT2D eigenvalue weighted by Crippen LogP contribution is -2.34. The zero-order valence-electron chi connectivity index (χ0n) is 25.1. The number of ether oxygens (including phenoxy) is 2. The Labute approximate surface area is 252 Å². The van der Waals surface area contributed by atoms with Gasteiger partial charge in [0.2, 0.25) is 0 Å². The first kappa shape index (κ1) is 29.6. The van der Waals surface area contributed by atoms with E-state index in [1.54, 1.807) is 0 Å². The maximum absolute atomic E-state index is 6.13. The topological polar surface area (TPSA) is 70.5 Å².